The van der Waals surface area contributed by atoms with E-state index in [-0.39, 0.29) is 24.3 Å². The summed E-state index contributed by atoms with van der Waals surface area (Å²) in [4.78, 5) is 29.3. The second-order valence-corrected chi connectivity index (χ2v) is 9.08. The number of rotatable bonds is 6. The van der Waals surface area contributed by atoms with Crippen LogP contribution >= 0.6 is 11.8 Å². The number of hydrogen-bond acceptors (Lipinski definition) is 5. The van der Waals surface area contributed by atoms with E-state index in [0.29, 0.717) is 4.91 Å². The van der Waals surface area contributed by atoms with E-state index in [1.54, 1.807) is 6.08 Å². The number of benzene rings is 2. The molecule has 0 spiro atoms. The summed E-state index contributed by atoms with van der Waals surface area (Å²) in [5, 5.41) is -0.245. The van der Waals surface area contributed by atoms with Crippen molar-refractivity contribution in [3.63, 3.8) is 0 Å². The van der Waals surface area contributed by atoms with E-state index < -0.39 is 0 Å². The number of carbonyl (C=O) groups excluding carboxylic acids is 2. The number of imide groups is 1. The second kappa shape index (κ2) is 9.60. The van der Waals surface area contributed by atoms with Gasteiger partial charge in [-0.1, -0.05) is 24.3 Å². The summed E-state index contributed by atoms with van der Waals surface area (Å²) in [6.07, 6.45) is 5.58. The van der Waals surface area contributed by atoms with Crippen LogP contribution in [0.4, 0.5) is 10.5 Å². The Bertz CT molecular complexity index is 994. The Morgan fingerprint density at radius 3 is 2.48 bits per heavy atom. The van der Waals surface area contributed by atoms with Gasteiger partial charge < -0.3 is 9.64 Å². The highest BCUT2D eigenvalue weighted by atomic mass is 32.2. The molecule has 2 fully saturated rings. The number of nitrogens with zero attached hydrogens (tertiary/aromatic N) is 2. The van der Waals surface area contributed by atoms with Crippen molar-refractivity contribution < 1.29 is 14.3 Å². The Kier molecular flexibility index (Phi) is 6.66. The molecule has 0 bridgehead atoms. The molecule has 162 valence electrons. The Morgan fingerprint density at radius 2 is 1.74 bits per heavy atom. The predicted molar refractivity (Wildman–Crippen MR) is 127 cm³/mol. The molecule has 0 atom stereocenters. The lowest BCUT2D eigenvalue weighted by molar-refractivity contribution is -0.123. The zero-order valence-corrected chi connectivity index (χ0v) is 18.9. The van der Waals surface area contributed by atoms with E-state index in [2.05, 4.69) is 17.0 Å². The van der Waals surface area contributed by atoms with Gasteiger partial charge in [0.05, 0.1) is 11.4 Å². The van der Waals surface area contributed by atoms with Crippen LogP contribution in [-0.2, 0) is 4.79 Å². The number of piperidine rings is 1. The molecule has 2 aliphatic rings. The molecule has 0 unspecified atom stereocenters. The van der Waals surface area contributed by atoms with Crippen LogP contribution in [0, 0.1) is 13.8 Å². The second-order valence-electron chi connectivity index (χ2n) is 8.09. The largest absolute Gasteiger partial charge is 0.491 e. The van der Waals surface area contributed by atoms with Crippen molar-refractivity contribution >= 4 is 34.7 Å². The van der Waals surface area contributed by atoms with Crippen LogP contribution in [0.25, 0.3) is 6.08 Å². The third-order valence-electron chi connectivity index (χ3n) is 5.70. The molecule has 0 radical (unpaired) electrons. The van der Waals surface area contributed by atoms with Crippen molar-refractivity contribution in [1.82, 2.24) is 4.90 Å². The fourth-order valence-corrected chi connectivity index (χ4v) is 4.75. The maximum Gasteiger partial charge on any atom is 0.293 e. The maximum absolute atomic E-state index is 12.8. The van der Waals surface area contributed by atoms with Crippen molar-refractivity contribution in [2.45, 2.75) is 33.1 Å². The lowest BCUT2D eigenvalue weighted by atomic mass is 10.1. The van der Waals surface area contributed by atoms with E-state index in [9.17, 15) is 9.59 Å². The molecule has 2 aliphatic heterocycles. The van der Waals surface area contributed by atoms with Crippen LogP contribution in [0.2, 0.25) is 0 Å². The zero-order chi connectivity index (χ0) is 21.8. The highest BCUT2D eigenvalue weighted by Crippen LogP contribution is 2.32. The van der Waals surface area contributed by atoms with Crippen molar-refractivity contribution in [3.8, 4) is 5.75 Å². The van der Waals surface area contributed by atoms with Crippen LogP contribution < -0.4 is 9.64 Å². The molecule has 2 heterocycles. The van der Waals surface area contributed by atoms with Gasteiger partial charge in [-0.15, -0.1) is 0 Å². The SMILES string of the molecule is Cc1ccc(C)c(OCCN2C(=O)S/C(=C\c3ccc(N4CCCCC4)cc3)C2=O)c1. The molecule has 2 aromatic carbocycles. The fraction of sp³-hybridized carbons (Fsp3) is 0.360. The average Bonchev–Trinajstić information content (AvgIpc) is 3.04. The van der Waals surface area contributed by atoms with Gasteiger partial charge in [-0.05, 0) is 85.8 Å². The van der Waals surface area contributed by atoms with Crippen LogP contribution in [-0.4, -0.2) is 42.3 Å². The summed E-state index contributed by atoms with van der Waals surface area (Å²) in [6.45, 7) is 6.70. The number of carbonyl (C=O) groups is 2. The summed E-state index contributed by atoms with van der Waals surface area (Å²) in [6, 6.07) is 14.2. The molecule has 0 N–H and O–H groups in total. The molecule has 2 saturated heterocycles. The van der Waals surface area contributed by atoms with Gasteiger partial charge in [0.1, 0.15) is 12.4 Å². The minimum atomic E-state index is -0.250. The van der Waals surface area contributed by atoms with E-state index in [4.69, 9.17) is 4.74 Å². The number of amides is 2. The average molecular weight is 437 g/mol. The highest BCUT2D eigenvalue weighted by Gasteiger charge is 2.34. The first-order valence-corrected chi connectivity index (χ1v) is 11.6. The molecular formula is C25H28N2O3S. The van der Waals surface area contributed by atoms with Gasteiger partial charge in [-0.25, -0.2) is 0 Å². The summed E-state index contributed by atoms with van der Waals surface area (Å²) in [5.74, 6) is 0.538. The predicted octanol–water partition coefficient (Wildman–Crippen LogP) is 5.41. The van der Waals surface area contributed by atoms with E-state index in [0.717, 1.165) is 47.3 Å². The molecule has 5 nitrogen and oxygen atoms in total. The van der Waals surface area contributed by atoms with Gasteiger partial charge in [-0.2, -0.15) is 0 Å². The van der Waals surface area contributed by atoms with Gasteiger partial charge in [0.25, 0.3) is 11.1 Å². The van der Waals surface area contributed by atoms with Crippen LogP contribution in [0.15, 0.2) is 47.4 Å². The molecule has 2 amide bonds. The van der Waals surface area contributed by atoms with E-state index >= 15 is 0 Å². The lowest BCUT2D eigenvalue weighted by Gasteiger charge is -2.28. The third kappa shape index (κ3) is 5.13. The van der Waals surface area contributed by atoms with E-state index in [1.165, 1.54) is 29.8 Å². The summed E-state index contributed by atoms with van der Waals surface area (Å²) in [7, 11) is 0. The first kappa shape index (κ1) is 21.5. The minimum Gasteiger partial charge on any atom is -0.491 e. The molecule has 2 aromatic rings. The molecular weight excluding hydrogens is 408 g/mol. The highest BCUT2D eigenvalue weighted by molar-refractivity contribution is 8.18. The number of hydrogen-bond donors (Lipinski definition) is 0. The number of aryl methyl sites for hydroxylation is 2. The van der Waals surface area contributed by atoms with Gasteiger partial charge in [0, 0.05) is 18.8 Å². The minimum absolute atomic E-state index is 0.239. The Morgan fingerprint density at radius 1 is 1.00 bits per heavy atom. The Hall–Kier alpha value is -2.73. The van der Waals surface area contributed by atoms with Gasteiger partial charge in [0.15, 0.2) is 0 Å². The van der Waals surface area contributed by atoms with Gasteiger partial charge in [0.2, 0.25) is 0 Å². The molecule has 0 saturated carbocycles. The molecule has 0 aliphatic carbocycles. The summed E-state index contributed by atoms with van der Waals surface area (Å²) < 4.78 is 5.82. The smallest absolute Gasteiger partial charge is 0.293 e. The summed E-state index contributed by atoms with van der Waals surface area (Å²) >= 11 is 0.993. The first-order valence-electron chi connectivity index (χ1n) is 10.8. The lowest BCUT2D eigenvalue weighted by Crippen LogP contribution is -2.32. The standard InChI is InChI=1S/C25H28N2O3S/c1-18-6-7-19(2)22(16-18)30-15-14-27-24(28)23(31-25(27)29)17-20-8-10-21(11-9-20)26-12-4-3-5-13-26/h6-11,16-17H,3-5,12-15H2,1-2H3/b23-17-. The van der Waals surface area contributed by atoms with E-state index in [1.807, 2.05) is 44.2 Å². The number of anilines is 1. The maximum atomic E-state index is 12.8. The van der Waals surface area contributed by atoms with Crippen LogP contribution in [0.3, 0.4) is 0 Å². The van der Waals surface area contributed by atoms with Crippen molar-refractivity contribution in [2.24, 2.45) is 0 Å². The first-order chi connectivity index (χ1) is 15.0. The van der Waals surface area contributed by atoms with Gasteiger partial charge in [-0.3, -0.25) is 14.5 Å². The van der Waals surface area contributed by atoms with Crippen molar-refractivity contribution in [2.75, 3.05) is 31.1 Å². The van der Waals surface area contributed by atoms with Crippen molar-refractivity contribution in [1.29, 1.82) is 0 Å². The quantitative estimate of drug-likeness (QED) is 0.567. The molecule has 31 heavy (non-hydrogen) atoms. The topological polar surface area (TPSA) is 49.9 Å². The van der Waals surface area contributed by atoms with Crippen molar-refractivity contribution in [3.05, 3.63) is 64.1 Å². The molecule has 0 aromatic heterocycles. The number of ether oxygens (including phenoxy) is 1. The Labute approximate surface area is 188 Å². The van der Waals surface area contributed by atoms with Crippen LogP contribution in [0.5, 0.6) is 5.75 Å². The fourth-order valence-electron chi connectivity index (χ4n) is 3.89. The molecule has 6 heteroatoms. The Balaban J connectivity index is 1.37. The van der Waals surface area contributed by atoms with Gasteiger partial charge >= 0.3 is 0 Å². The molecule has 4 rings (SSSR count). The third-order valence-corrected chi connectivity index (χ3v) is 6.61. The zero-order valence-electron chi connectivity index (χ0n) is 18.1. The van der Waals surface area contributed by atoms with Crippen LogP contribution in [0.1, 0.15) is 36.0 Å². The number of thioether (sulfide) groups is 1. The summed E-state index contributed by atoms with van der Waals surface area (Å²) in [5.41, 5.74) is 4.29. The monoisotopic (exact) mass is 436 g/mol. The normalized spacial score (nSPS) is 18.2.